The van der Waals surface area contributed by atoms with Gasteiger partial charge < -0.3 is 19.4 Å². The van der Waals surface area contributed by atoms with E-state index >= 15 is 0 Å². The molecule has 0 unspecified atom stereocenters. The summed E-state index contributed by atoms with van der Waals surface area (Å²) in [6.07, 6.45) is 5.83. The molecule has 1 aliphatic carbocycles. The number of benzene rings is 1. The normalized spacial score (nSPS) is 12.3. The molecule has 1 N–H and O–H groups in total. The number of anilines is 1. The molecule has 0 saturated heterocycles. The highest BCUT2D eigenvalue weighted by atomic mass is 35.5. The number of esters is 1. The Hall–Kier alpha value is -2.53. The Morgan fingerprint density at radius 1 is 1.30 bits per heavy atom. The molecule has 2 aromatic heterocycles. The van der Waals surface area contributed by atoms with E-state index in [1.165, 1.54) is 30.2 Å². The molecule has 2 heterocycles. The number of ether oxygens (including phenoxy) is 2. The highest BCUT2D eigenvalue weighted by Gasteiger charge is 2.28. The van der Waals surface area contributed by atoms with E-state index in [0.29, 0.717) is 57.5 Å². The second kappa shape index (κ2) is 12.8. The van der Waals surface area contributed by atoms with Crippen LogP contribution in [0.15, 0.2) is 36.0 Å². The number of nitrogens with zero attached hydrogens (tertiary/aromatic N) is 3. The third kappa shape index (κ3) is 6.67. The van der Waals surface area contributed by atoms with Crippen LogP contribution < -0.4 is 10.1 Å². The highest BCUT2D eigenvalue weighted by Crippen LogP contribution is 2.39. The first-order valence-corrected chi connectivity index (χ1v) is 14.2. The molecule has 12 heteroatoms. The molecule has 0 spiro atoms. The van der Waals surface area contributed by atoms with Gasteiger partial charge in [0.2, 0.25) is 5.91 Å². The Morgan fingerprint density at radius 2 is 2.14 bits per heavy atom. The zero-order valence-electron chi connectivity index (χ0n) is 20.2. The molecular formula is C25H26Cl2N4O4S2. The fraction of sp³-hybridized carbons (Fsp3) is 0.360. The minimum atomic E-state index is -0.417. The SMILES string of the molecule is C=CCn1c(CCCOc2ccc(Cl)cc2Cl)nnc1SCC(=O)Nc1sc2c(c1C(=O)OC)CCC2. The molecule has 0 aliphatic heterocycles. The van der Waals surface area contributed by atoms with Crippen molar-refractivity contribution < 1.29 is 19.1 Å². The zero-order chi connectivity index (χ0) is 26.4. The number of allylic oxidation sites excluding steroid dienone is 1. The number of aryl methyl sites for hydroxylation is 2. The van der Waals surface area contributed by atoms with Crippen molar-refractivity contribution in [3.05, 3.63) is 62.7 Å². The van der Waals surface area contributed by atoms with Gasteiger partial charge in [-0.15, -0.1) is 28.1 Å². The zero-order valence-corrected chi connectivity index (χ0v) is 23.4. The molecule has 0 fully saturated rings. The van der Waals surface area contributed by atoms with E-state index in [2.05, 4.69) is 22.1 Å². The number of nitrogens with one attached hydrogen (secondary N) is 1. The minimum absolute atomic E-state index is 0.122. The molecule has 8 nitrogen and oxygen atoms in total. The number of thiophene rings is 1. The third-order valence-electron chi connectivity index (χ3n) is 5.70. The van der Waals surface area contributed by atoms with Gasteiger partial charge >= 0.3 is 5.97 Å². The van der Waals surface area contributed by atoms with E-state index in [1.807, 2.05) is 4.57 Å². The number of carbonyl (C=O) groups excluding carboxylic acids is 2. The van der Waals surface area contributed by atoms with Crippen LogP contribution in [0.1, 0.15) is 39.5 Å². The lowest BCUT2D eigenvalue weighted by Gasteiger charge is -2.10. The summed E-state index contributed by atoms with van der Waals surface area (Å²) in [6.45, 7) is 4.78. The summed E-state index contributed by atoms with van der Waals surface area (Å²) in [5.74, 6) is 0.831. The van der Waals surface area contributed by atoms with E-state index in [9.17, 15) is 9.59 Å². The quantitative estimate of drug-likeness (QED) is 0.124. The number of methoxy groups -OCH3 is 1. The standard InChI is InChI=1S/C25H26Cl2N4O4S2/c1-3-11-31-20(8-5-12-35-18-10-9-15(26)13-17(18)27)29-30-25(31)36-14-21(32)28-23-22(24(33)34-2)16-6-4-7-19(16)37-23/h3,9-10,13H,1,4-8,11-12,14H2,2H3,(H,28,32). The van der Waals surface area contributed by atoms with Gasteiger partial charge in [0.05, 0.1) is 30.1 Å². The van der Waals surface area contributed by atoms with Crippen LogP contribution in [0.4, 0.5) is 5.00 Å². The van der Waals surface area contributed by atoms with Gasteiger partial charge in [-0.05, 0) is 49.4 Å². The van der Waals surface area contributed by atoms with Crippen LogP contribution in [0, 0.1) is 0 Å². The van der Waals surface area contributed by atoms with Crippen molar-refractivity contribution in [1.82, 2.24) is 14.8 Å². The van der Waals surface area contributed by atoms with Gasteiger partial charge in [-0.2, -0.15) is 0 Å². The lowest BCUT2D eigenvalue weighted by atomic mass is 10.1. The summed E-state index contributed by atoms with van der Waals surface area (Å²) < 4.78 is 12.6. The van der Waals surface area contributed by atoms with Crippen LogP contribution in [0.3, 0.4) is 0 Å². The van der Waals surface area contributed by atoms with Gasteiger partial charge in [0.1, 0.15) is 16.6 Å². The first kappa shape index (κ1) is 27.5. The number of halogens is 2. The van der Waals surface area contributed by atoms with E-state index in [-0.39, 0.29) is 11.7 Å². The molecule has 0 atom stereocenters. The average Bonchev–Trinajstić information content (AvgIpc) is 3.56. The number of fused-ring (bicyclic) bond motifs is 1. The number of carbonyl (C=O) groups is 2. The predicted molar refractivity (Wildman–Crippen MR) is 148 cm³/mol. The number of amides is 1. The number of hydrogen-bond acceptors (Lipinski definition) is 8. The topological polar surface area (TPSA) is 95.3 Å². The van der Waals surface area contributed by atoms with Gasteiger partial charge in [0.15, 0.2) is 5.16 Å². The maximum Gasteiger partial charge on any atom is 0.341 e. The molecule has 4 rings (SSSR count). The molecular weight excluding hydrogens is 555 g/mol. The number of rotatable bonds is 12. The van der Waals surface area contributed by atoms with Crippen LogP contribution in [-0.4, -0.2) is 46.1 Å². The van der Waals surface area contributed by atoms with Crippen LogP contribution in [0.25, 0.3) is 0 Å². The summed E-state index contributed by atoms with van der Waals surface area (Å²) in [6, 6.07) is 5.10. The Morgan fingerprint density at radius 3 is 2.89 bits per heavy atom. The number of aromatic nitrogens is 3. The Kier molecular flexibility index (Phi) is 9.53. The molecule has 3 aromatic rings. The predicted octanol–water partition coefficient (Wildman–Crippen LogP) is 5.85. The number of thioether (sulfide) groups is 1. The summed E-state index contributed by atoms with van der Waals surface area (Å²) in [5.41, 5.74) is 1.48. The van der Waals surface area contributed by atoms with Gasteiger partial charge in [-0.3, -0.25) is 4.79 Å². The van der Waals surface area contributed by atoms with Crippen molar-refractivity contribution in [1.29, 1.82) is 0 Å². The second-order valence-corrected chi connectivity index (χ2v) is 11.1. The van der Waals surface area contributed by atoms with E-state index in [4.69, 9.17) is 32.7 Å². The molecule has 1 amide bonds. The minimum Gasteiger partial charge on any atom is -0.492 e. The summed E-state index contributed by atoms with van der Waals surface area (Å²) in [5, 5.41) is 13.7. The van der Waals surface area contributed by atoms with E-state index < -0.39 is 5.97 Å². The molecule has 0 saturated carbocycles. The maximum atomic E-state index is 12.8. The molecule has 196 valence electrons. The molecule has 0 radical (unpaired) electrons. The van der Waals surface area contributed by atoms with Crippen LogP contribution in [0.2, 0.25) is 10.0 Å². The van der Waals surface area contributed by atoms with Crippen molar-refractivity contribution in [2.24, 2.45) is 0 Å². The van der Waals surface area contributed by atoms with E-state index in [0.717, 1.165) is 35.5 Å². The fourth-order valence-corrected chi connectivity index (χ4v) is 6.55. The lowest BCUT2D eigenvalue weighted by molar-refractivity contribution is -0.113. The van der Waals surface area contributed by atoms with Crippen LogP contribution in [0.5, 0.6) is 5.75 Å². The van der Waals surface area contributed by atoms with Crippen molar-refractivity contribution in [2.75, 3.05) is 24.8 Å². The van der Waals surface area contributed by atoms with Gasteiger partial charge in [-0.1, -0.05) is 41.0 Å². The first-order valence-electron chi connectivity index (χ1n) is 11.7. The lowest BCUT2D eigenvalue weighted by Crippen LogP contribution is -2.16. The van der Waals surface area contributed by atoms with Gasteiger partial charge in [0, 0.05) is 22.9 Å². The average molecular weight is 582 g/mol. The molecule has 1 aromatic carbocycles. The Balaban J connectivity index is 1.33. The first-order chi connectivity index (χ1) is 17.9. The maximum absolute atomic E-state index is 12.8. The monoisotopic (exact) mass is 580 g/mol. The van der Waals surface area contributed by atoms with Crippen molar-refractivity contribution in [3.63, 3.8) is 0 Å². The Bertz CT molecular complexity index is 1310. The molecule has 1 aliphatic rings. The third-order valence-corrected chi connectivity index (χ3v) is 8.40. The van der Waals surface area contributed by atoms with Gasteiger partial charge in [-0.25, -0.2) is 4.79 Å². The summed E-state index contributed by atoms with van der Waals surface area (Å²) in [7, 11) is 1.35. The second-order valence-electron chi connectivity index (χ2n) is 8.21. The number of hydrogen-bond donors (Lipinski definition) is 1. The Labute approximate surface area is 233 Å². The van der Waals surface area contributed by atoms with Gasteiger partial charge in [0.25, 0.3) is 0 Å². The summed E-state index contributed by atoms with van der Waals surface area (Å²) >= 11 is 14.8. The smallest absolute Gasteiger partial charge is 0.341 e. The molecule has 37 heavy (non-hydrogen) atoms. The molecule has 0 bridgehead atoms. The van der Waals surface area contributed by atoms with Crippen molar-refractivity contribution >= 4 is 63.2 Å². The van der Waals surface area contributed by atoms with Crippen molar-refractivity contribution in [2.45, 2.75) is 43.8 Å². The van der Waals surface area contributed by atoms with Crippen molar-refractivity contribution in [3.8, 4) is 5.75 Å². The van der Waals surface area contributed by atoms with E-state index in [1.54, 1.807) is 24.3 Å². The largest absolute Gasteiger partial charge is 0.492 e. The fourth-order valence-electron chi connectivity index (χ4n) is 4.03. The van der Waals surface area contributed by atoms with Crippen LogP contribution >= 0.6 is 46.3 Å². The highest BCUT2D eigenvalue weighted by molar-refractivity contribution is 7.99. The van der Waals surface area contributed by atoms with Crippen LogP contribution in [-0.2, 0) is 35.3 Å². The summed E-state index contributed by atoms with van der Waals surface area (Å²) in [4.78, 5) is 26.2.